The van der Waals surface area contributed by atoms with Gasteiger partial charge in [-0.15, -0.1) is 0 Å². The van der Waals surface area contributed by atoms with Gasteiger partial charge in [-0.3, -0.25) is 4.98 Å². The van der Waals surface area contributed by atoms with Gasteiger partial charge in [-0.25, -0.2) is 4.68 Å². The molecule has 5 aromatic rings. The standard InChI is InChI=1S/C26H20F2N4/c1-26(2,22-9-5-8-21(29-22)20-12-13-24(27)30-25(20)28)23-14-15-32(31-23)19-11-10-17-6-3-4-7-18(17)16-19/h3-16H,1-2H3. The predicted octanol–water partition coefficient (Wildman–Crippen LogP) is 6.09. The zero-order valence-corrected chi connectivity index (χ0v) is 17.6. The molecule has 0 saturated heterocycles. The van der Waals surface area contributed by atoms with Gasteiger partial charge in [0.25, 0.3) is 0 Å². The molecule has 6 heteroatoms. The minimum atomic E-state index is -0.881. The number of pyridine rings is 2. The molecule has 0 fully saturated rings. The summed E-state index contributed by atoms with van der Waals surface area (Å²) in [6.45, 7) is 4.04. The van der Waals surface area contributed by atoms with E-state index in [9.17, 15) is 8.78 Å². The maximum atomic E-state index is 14.2. The molecular weight excluding hydrogens is 406 g/mol. The first-order valence-corrected chi connectivity index (χ1v) is 10.3. The second-order valence-corrected chi connectivity index (χ2v) is 8.18. The lowest BCUT2D eigenvalue weighted by Crippen LogP contribution is -2.22. The zero-order valence-electron chi connectivity index (χ0n) is 17.6. The summed E-state index contributed by atoms with van der Waals surface area (Å²) in [5.74, 6) is -1.74. The number of aromatic nitrogens is 4. The van der Waals surface area contributed by atoms with Gasteiger partial charge in [0.2, 0.25) is 11.9 Å². The van der Waals surface area contributed by atoms with Crippen LogP contribution >= 0.6 is 0 Å². The van der Waals surface area contributed by atoms with E-state index in [4.69, 9.17) is 5.10 Å². The predicted molar refractivity (Wildman–Crippen MR) is 121 cm³/mol. The summed E-state index contributed by atoms with van der Waals surface area (Å²) in [7, 11) is 0. The van der Waals surface area contributed by atoms with E-state index in [1.54, 1.807) is 6.07 Å². The van der Waals surface area contributed by atoms with Crippen LogP contribution in [-0.2, 0) is 5.41 Å². The van der Waals surface area contributed by atoms with E-state index in [1.165, 1.54) is 11.5 Å². The molecule has 0 N–H and O–H groups in total. The third kappa shape index (κ3) is 3.54. The molecule has 0 aliphatic carbocycles. The molecule has 3 aromatic heterocycles. The fraction of sp³-hybridized carbons (Fsp3) is 0.115. The molecule has 2 aromatic carbocycles. The molecule has 158 valence electrons. The Morgan fingerprint density at radius 3 is 2.38 bits per heavy atom. The van der Waals surface area contributed by atoms with Gasteiger partial charge in [0.15, 0.2) is 0 Å². The van der Waals surface area contributed by atoms with E-state index in [-0.39, 0.29) is 5.56 Å². The number of hydrogen-bond donors (Lipinski definition) is 0. The maximum absolute atomic E-state index is 14.2. The summed E-state index contributed by atoms with van der Waals surface area (Å²) in [6.07, 6.45) is 1.93. The third-order valence-corrected chi connectivity index (χ3v) is 5.71. The van der Waals surface area contributed by atoms with Crippen molar-refractivity contribution in [1.29, 1.82) is 0 Å². The minimum absolute atomic E-state index is 0.158. The number of rotatable bonds is 4. The molecule has 3 heterocycles. The van der Waals surface area contributed by atoms with E-state index < -0.39 is 17.3 Å². The van der Waals surface area contributed by atoms with Gasteiger partial charge < -0.3 is 0 Å². The highest BCUT2D eigenvalue weighted by molar-refractivity contribution is 5.84. The first kappa shape index (κ1) is 20.0. The highest BCUT2D eigenvalue weighted by atomic mass is 19.1. The lowest BCUT2D eigenvalue weighted by molar-refractivity contribution is 0.514. The Labute approximate surface area is 184 Å². The fourth-order valence-corrected chi connectivity index (χ4v) is 3.79. The largest absolute Gasteiger partial charge is 0.252 e. The van der Waals surface area contributed by atoms with Gasteiger partial charge in [-0.2, -0.15) is 18.9 Å². The Bertz CT molecular complexity index is 1440. The van der Waals surface area contributed by atoms with Crippen molar-refractivity contribution < 1.29 is 8.78 Å². The molecule has 5 rings (SSSR count). The molecule has 0 atom stereocenters. The fourth-order valence-electron chi connectivity index (χ4n) is 3.79. The van der Waals surface area contributed by atoms with Gasteiger partial charge in [-0.1, -0.05) is 36.4 Å². The molecule has 0 amide bonds. The SMILES string of the molecule is CC(C)(c1cccc(-c2ccc(F)nc2F)n1)c1ccn(-c2ccc3ccccc3c2)n1. The summed E-state index contributed by atoms with van der Waals surface area (Å²) in [5.41, 5.74) is 2.53. The van der Waals surface area contributed by atoms with E-state index in [1.807, 2.05) is 61.1 Å². The summed E-state index contributed by atoms with van der Waals surface area (Å²) >= 11 is 0. The molecule has 32 heavy (non-hydrogen) atoms. The van der Waals surface area contributed by atoms with Crippen LogP contribution in [0.2, 0.25) is 0 Å². The second-order valence-electron chi connectivity index (χ2n) is 8.18. The van der Waals surface area contributed by atoms with Crippen molar-refractivity contribution in [2.75, 3.05) is 0 Å². The average molecular weight is 426 g/mol. The van der Waals surface area contributed by atoms with Gasteiger partial charge in [0, 0.05) is 6.20 Å². The molecule has 0 unspecified atom stereocenters. The molecule has 4 nitrogen and oxygen atoms in total. The topological polar surface area (TPSA) is 43.6 Å². The van der Waals surface area contributed by atoms with Gasteiger partial charge in [0.05, 0.1) is 33.7 Å². The lowest BCUT2D eigenvalue weighted by atomic mass is 9.85. The Morgan fingerprint density at radius 2 is 1.56 bits per heavy atom. The summed E-state index contributed by atoms with van der Waals surface area (Å²) in [5, 5.41) is 7.13. The smallest absolute Gasteiger partial charge is 0.224 e. The molecule has 0 radical (unpaired) electrons. The van der Waals surface area contributed by atoms with E-state index in [2.05, 4.69) is 34.2 Å². The van der Waals surface area contributed by atoms with Crippen LogP contribution in [0.3, 0.4) is 0 Å². The zero-order chi connectivity index (χ0) is 22.3. The van der Waals surface area contributed by atoms with Crippen LogP contribution in [0.4, 0.5) is 8.78 Å². The van der Waals surface area contributed by atoms with Crippen molar-refractivity contribution in [1.82, 2.24) is 19.7 Å². The van der Waals surface area contributed by atoms with Crippen LogP contribution in [0.25, 0.3) is 27.7 Å². The first-order chi connectivity index (χ1) is 15.4. The number of nitrogens with zero attached hydrogens (tertiary/aromatic N) is 4. The van der Waals surface area contributed by atoms with Crippen molar-refractivity contribution >= 4 is 10.8 Å². The molecule has 0 aliphatic rings. The highest BCUT2D eigenvalue weighted by Crippen LogP contribution is 2.31. The summed E-state index contributed by atoms with van der Waals surface area (Å²) < 4.78 is 29.2. The molecule has 0 aliphatic heterocycles. The Balaban J connectivity index is 1.50. The quantitative estimate of drug-likeness (QED) is 0.327. The van der Waals surface area contributed by atoms with Crippen molar-refractivity contribution in [2.24, 2.45) is 0 Å². The second kappa shape index (κ2) is 7.64. The Morgan fingerprint density at radius 1 is 0.750 bits per heavy atom. The summed E-state index contributed by atoms with van der Waals surface area (Å²) in [6, 6.07) is 24.2. The Kier molecular flexibility index (Phi) is 4.78. The monoisotopic (exact) mass is 426 g/mol. The molecule has 0 spiro atoms. The number of fused-ring (bicyclic) bond motifs is 1. The molecular formula is C26H20F2N4. The van der Waals surface area contributed by atoms with Crippen LogP contribution in [0.5, 0.6) is 0 Å². The van der Waals surface area contributed by atoms with Crippen LogP contribution in [0.15, 0.2) is 85.1 Å². The Hall–Kier alpha value is -3.93. The van der Waals surface area contributed by atoms with Crippen molar-refractivity contribution in [2.45, 2.75) is 19.3 Å². The first-order valence-electron chi connectivity index (χ1n) is 10.3. The van der Waals surface area contributed by atoms with Gasteiger partial charge in [-0.05, 0) is 67.1 Å². The number of halogens is 2. The highest BCUT2D eigenvalue weighted by Gasteiger charge is 2.28. The van der Waals surface area contributed by atoms with Crippen LogP contribution < -0.4 is 0 Å². The summed E-state index contributed by atoms with van der Waals surface area (Å²) in [4.78, 5) is 7.92. The van der Waals surface area contributed by atoms with Gasteiger partial charge in [0.1, 0.15) is 0 Å². The number of hydrogen-bond acceptors (Lipinski definition) is 3. The normalized spacial score (nSPS) is 11.8. The molecule has 0 bridgehead atoms. The minimum Gasteiger partial charge on any atom is -0.252 e. The van der Waals surface area contributed by atoms with Crippen molar-refractivity contribution in [3.63, 3.8) is 0 Å². The van der Waals surface area contributed by atoms with Crippen LogP contribution in [0.1, 0.15) is 25.2 Å². The van der Waals surface area contributed by atoms with Gasteiger partial charge >= 0.3 is 0 Å². The average Bonchev–Trinajstić information content (AvgIpc) is 3.30. The lowest BCUT2D eigenvalue weighted by Gasteiger charge is -2.22. The third-order valence-electron chi connectivity index (χ3n) is 5.71. The van der Waals surface area contributed by atoms with Crippen LogP contribution in [0, 0.1) is 11.9 Å². The van der Waals surface area contributed by atoms with E-state index in [0.717, 1.165) is 28.5 Å². The van der Waals surface area contributed by atoms with E-state index >= 15 is 0 Å². The van der Waals surface area contributed by atoms with E-state index in [0.29, 0.717) is 5.69 Å². The number of benzene rings is 2. The van der Waals surface area contributed by atoms with Crippen molar-refractivity contribution in [3.8, 4) is 16.9 Å². The molecule has 0 saturated carbocycles. The van der Waals surface area contributed by atoms with Crippen LogP contribution in [-0.4, -0.2) is 19.7 Å². The van der Waals surface area contributed by atoms with Crippen molar-refractivity contribution in [3.05, 3.63) is 108 Å². The maximum Gasteiger partial charge on any atom is 0.224 e.